The van der Waals surface area contributed by atoms with Crippen molar-refractivity contribution in [1.29, 1.82) is 0 Å². The van der Waals surface area contributed by atoms with Gasteiger partial charge in [0, 0.05) is 10.7 Å². The van der Waals surface area contributed by atoms with E-state index in [0.29, 0.717) is 6.04 Å². The zero-order chi connectivity index (χ0) is 6.97. The average Bonchev–Trinajstić information content (AvgIpc) is 2.71. The highest BCUT2D eigenvalue weighted by Crippen LogP contribution is 2.30. The summed E-state index contributed by atoms with van der Waals surface area (Å²) in [5.74, 6) is 0. The standard InChI is InChI=1S/C8H6BrN/c9-7-4-2-1-3-6(7)8-5-10-8/h1-5,8H. The number of aliphatic imine (C=N–C) groups is 1. The van der Waals surface area contributed by atoms with Crippen molar-refractivity contribution in [1.82, 2.24) is 0 Å². The van der Waals surface area contributed by atoms with Gasteiger partial charge in [-0.15, -0.1) is 0 Å². The molecule has 0 radical (unpaired) electrons. The molecule has 2 heteroatoms. The molecule has 0 amide bonds. The molecule has 0 fully saturated rings. The third-order valence-corrected chi connectivity index (χ3v) is 2.24. The molecule has 0 N–H and O–H groups in total. The molecule has 1 aliphatic heterocycles. The van der Waals surface area contributed by atoms with Crippen LogP contribution in [0.2, 0.25) is 0 Å². The summed E-state index contributed by atoms with van der Waals surface area (Å²) in [4.78, 5) is 4.08. The van der Waals surface area contributed by atoms with Crippen LogP contribution in [0, 0.1) is 0 Å². The summed E-state index contributed by atoms with van der Waals surface area (Å²) in [6, 6.07) is 8.52. The molecule has 10 heavy (non-hydrogen) atoms. The van der Waals surface area contributed by atoms with E-state index < -0.39 is 0 Å². The van der Waals surface area contributed by atoms with Gasteiger partial charge in [-0.3, -0.25) is 4.99 Å². The zero-order valence-electron chi connectivity index (χ0n) is 5.29. The summed E-state index contributed by atoms with van der Waals surface area (Å²) in [6.07, 6.45) is 1.94. The summed E-state index contributed by atoms with van der Waals surface area (Å²) >= 11 is 3.46. The second-order valence-electron chi connectivity index (χ2n) is 2.26. The van der Waals surface area contributed by atoms with Gasteiger partial charge in [0.1, 0.15) is 6.04 Å². The molecule has 2 rings (SSSR count). The van der Waals surface area contributed by atoms with Crippen LogP contribution in [0.3, 0.4) is 0 Å². The maximum absolute atomic E-state index is 4.08. The Bertz CT molecular complexity index is 274. The number of halogens is 1. The largest absolute Gasteiger partial charge is 0.281 e. The molecule has 0 spiro atoms. The molecule has 50 valence electrons. The fourth-order valence-electron chi connectivity index (χ4n) is 0.919. The topological polar surface area (TPSA) is 12.4 Å². The minimum atomic E-state index is 0.357. The van der Waals surface area contributed by atoms with E-state index in [1.54, 1.807) is 0 Å². The fourth-order valence-corrected chi connectivity index (χ4v) is 1.44. The summed E-state index contributed by atoms with van der Waals surface area (Å²) in [5, 5.41) is 0. The third-order valence-electron chi connectivity index (χ3n) is 1.52. The highest BCUT2D eigenvalue weighted by molar-refractivity contribution is 9.10. The van der Waals surface area contributed by atoms with Gasteiger partial charge >= 0.3 is 0 Å². The first-order chi connectivity index (χ1) is 4.88. The Labute approximate surface area is 67.9 Å². The smallest absolute Gasteiger partial charge is 0.110 e. The van der Waals surface area contributed by atoms with Crippen molar-refractivity contribution in [3.8, 4) is 0 Å². The van der Waals surface area contributed by atoms with Crippen molar-refractivity contribution in [3.05, 3.63) is 34.3 Å². The second kappa shape index (κ2) is 2.20. The predicted octanol–water partition coefficient (Wildman–Crippen LogP) is 2.57. The lowest BCUT2D eigenvalue weighted by molar-refractivity contribution is 1.12. The molecule has 1 atom stereocenters. The molecule has 1 heterocycles. The molecule has 0 bridgehead atoms. The molecule has 0 aromatic heterocycles. The molecular weight excluding hydrogens is 190 g/mol. The van der Waals surface area contributed by atoms with Gasteiger partial charge in [-0.25, -0.2) is 0 Å². The Morgan fingerprint density at radius 1 is 1.30 bits per heavy atom. The maximum atomic E-state index is 4.08. The van der Waals surface area contributed by atoms with Crippen molar-refractivity contribution in [2.45, 2.75) is 6.04 Å². The second-order valence-corrected chi connectivity index (χ2v) is 3.12. The number of hydrogen-bond acceptors (Lipinski definition) is 1. The van der Waals surface area contributed by atoms with E-state index >= 15 is 0 Å². The first-order valence-electron chi connectivity index (χ1n) is 3.15. The van der Waals surface area contributed by atoms with Gasteiger partial charge in [0.2, 0.25) is 0 Å². The molecule has 0 saturated carbocycles. The number of hydrogen-bond donors (Lipinski definition) is 0. The van der Waals surface area contributed by atoms with Crippen molar-refractivity contribution >= 4 is 22.1 Å². The quantitative estimate of drug-likeness (QED) is 0.654. The van der Waals surface area contributed by atoms with Crippen molar-refractivity contribution in [2.24, 2.45) is 4.99 Å². The molecule has 1 aliphatic rings. The summed E-state index contributed by atoms with van der Waals surface area (Å²) < 4.78 is 1.15. The van der Waals surface area contributed by atoms with E-state index in [2.05, 4.69) is 27.0 Å². The number of rotatable bonds is 1. The Morgan fingerprint density at radius 2 is 2.00 bits per heavy atom. The fraction of sp³-hybridized carbons (Fsp3) is 0.125. The normalized spacial score (nSPS) is 21.1. The minimum absolute atomic E-state index is 0.357. The van der Waals surface area contributed by atoms with Crippen molar-refractivity contribution in [3.63, 3.8) is 0 Å². The Balaban J connectivity index is 2.39. The molecule has 1 aromatic carbocycles. The van der Waals surface area contributed by atoms with Crippen LogP contribution in [0.4, 0.5) is 0 Å². The van der Waals surface area contributed by atoms with Crippen LogP contribution >= 0.6 is 15.9 Å². The van der Waals surface area contributed by atoms with Crippen LogP contribution in [0.25, 0.3) is 0 Å². The van der Waals surface area contributed by atoms with Gasteiger partial charge in [0.25, 0.3) is 0 Å². The van der Waals surface area contributed by atoms with E-state index in [9.17, 15) is 0 Å². The lowest BCUT2D eigenvalue weighted by atomic mass is 10.1. The SMILES string of the molecule is Brc1ccccc1C1C=N1. The maximum Gasteiger partial charge on any atom is 0.110 e. The third kappa shape index (κ3) is 0.991. The molecule has 1 nitrogen and oxygen atoms in total. The minimum Gasteiger partial charge on any atom is -0.281 e. The van der Waals surface area contributed by atoms with Gasteiger partial charge in [-0.1, -0.05) is 34.1 Å². The number of benzene rings is 1. The Morgan fingerprint density at radius 3 is 2.60 bits per heavy atom. The molecule has 0 aliphatic carbocycles. The predicted molar refractivity (Wildman–Crippen MR) is 45.4 cm³/mol. The Kier molecular flexibility index (Phi) is 1.34. The molecule has 0 saturated heterocycles. The summed E-state index contributed by atoms with van der Waals surface area (Å²) in [7, 11) is 0. The van der Waals surface area contributed by atoms with Crippen LogP contribution in [-0.4, -0.2) is 6.21 Å². The Hall–Kier alpha value is -0.630. The van der Waals surface area contributed by atoms with Gasteiger partial charge < -0.3 is 0 Å². The van der Waals surface area contributed by atoms with Crippen LogP contribution in [0.1, 0.15) is 11.6 Å². The lowest BCUT2D eigenvalue weighted by Gasteiger charge is -1.97. The number of nitrogens with zero attached hydrogens (tertiary/aromatic N) is 1. The monoisotopic (exact) mass is 195 g/mol. The van der Waals surface area contributed by atoms with Gasteiger partial charge in [0.05, 0.1) is 0 Å². The van der Waals surface area contributed by atoms with E-state index in [0.717, 1.165) is 4.47 Å². The van der Waals surface area contributed by atoms with Crippen LogP contribution in [0.15, 0.2) is 33.7 Å². The zero-order valence-corrected chi connectivity index (χ0v) is 6.88. The van der Waals surface area contributed by atoms with Crippen molar-refractivity contribution < 1.29 is 0 Å². The van der Waals surface area contributed by atoms with E-state index in [4.69, 9.17) is 0 Å². The van der Waals surface area contributed by atoms with Crippen molar-refractivity contribution in [2.75, 3.05) is 0 Å². The molecule has 1 unspecified atom stereocenters. The van der Waals surface area contributed by atoms with Crippen LogP contribution < -0.4 is 0 Å². The van der Waals surface area contributed by atoms with E-state index in [1.165, 1.54) is 5.56 Å². The lowest BCUT2D eigenvalue weighted by Crippen LogP contribution is -1.81. The highest BCUT2D eigenvalue weighted by atomic mass is 79.9. The molecule has 1 aromatic rings. The van der Waals surface area contributed by atoms with Crippen LogP contribution in [-0.2, 0) is 0 Å². The highest BCUT2D eigenvalue weighted by Gasteiger charge is 2.17. The first-order valence-corrected chi connectivity index (χ1v) is 3.95. The van der Waals surface area contributed by atoms with E-state index in [1.807, 2.05) is 24.4 Å². The molecular formula is C8H6BrN. The first kappa shape index (κ1) is 6.10. The van der Waals surface area contributed by atoms with Crippen LogP contribution in [0.5, 0.6) is 0 Å². The van der Waals surface area contributed by atoms with Gasteiger partial charge in [0.15, 0.2) is 0 Å². The van der Waals surface area contributed by atoms with Gasteiger partial charge in [-0.2, -0.15) is 0 Å². The van der Waals surface area contributed by atoms with Gasteiger partial charge in [-0.05, 0) is 11.6 Å². The average molecular weight is 196 g/mol. The summed E-state index contributed by atoms with van der Waals surface area (Å²) in [5.41, 5.74) is 1.27. The summed E-state index contributed by atoms with van der Waals surface area (Å²) in [6.45, 7) is 0. The van der Waals surface area contributed by atoms with E-state index in [-0.39, 0.29) is 0 Å².